The molecule has 116 valence electrons. The Bertz CT molecular complexity index is 322. The van der Waals surface area contributed by atoms with Gasteiger partial charge in [0.15, 0.2) is 0 Å². The van der Waals surface area contributed by atoms with E-state index in [1.54, 1.807) is 0 Å². The van der Waals surface area contributed by atoms with Crippen molar-refractivity contribution < 1.29 is 10.2 Å². The fourth-order valence-electron chi connectivity index (χ4n) is 4.93. The van der Waals surface area contributed by atoms with Gasteiger partial charge in [-0.15, -0.1) is 11.6 Å². The highest BCUT2D eigenvalue weighted by molar-refractivity contribution is 6.21. The summed E-state index contributed by atoms with van der Waals surface area (Å²) in [5, 5.41) is 23.5. The van der Waals surface area contributed by atoms with Crippen LogP contribution in [-0.4, -0.2) is 40.9 Å². The van der Waals surface area contributed by atoms with Crippen molar-refractivity contribution in [2.45, 2.75) is 62.5 Å². The first-order valence-electron chi connectivity index (χ1n) is 8.39. The van der Waals surface area contributed by atoms with Crippen LogP contribution in [0.2, 0.25) is 0 Å². The molecule has 3 fully saturated rings. The maximum atomic E-state index is 10.1. The molecule has 20 heavy (non-hydrogen) atoms. The maximum Gasteiger partial charge on any atom is 0.0965 e. The topological polar surface area (TPSA) is 52.5 Å². The van der Waals surface area contributed by atoms with Crippen molar-refractivity contribution >= 4 is 11.6 Å². The molecule has 3 aliphatic rings. The molecule has 5 unspecified atom stereocenters. The van der Waals surface area contributed by atoms with Gasteiger partial charge in [0.1, 0.15) is 0 Å². The van der Waals surface area contributed by atoms with Crippen molar-refractivity contribution in [3.63, 3.8) is 0 Å². The molecular weight excluding hydrogens is 274 g/mol. The summed E-state index contributed by atoms with van der Waals surface area (Å²) in [4.78, 5) is 0. The van der Waals surface area contributed by atoms with Crippen molar-refractivity contribution in [3.8, 4) is 0 Å². The normalized spacial score (nSPS) is 47.5. The molecule has 2 saturated carbocycles. The quantitative estimate of drug-likeness (QED) is 0.651. The molecule has 6 atom stereocenters. The molecule has 0 amide bonds. The van der Waals surface area contributed by atoms with E-state index in [0.29, 0.717) is 17.8 Å². The van der Waals surface area contributed by atoms with Crippen LogP contribution in [0.1, 0.15) is 44.9 Å². The molecule has 0 aromatic rings. The summed E-state index contributed by atoms with van der Waals surface area (Å²) in [5.74, 6) is 2.25. The third kappa shape index (κ3) is 2.87. The van der Waals surface area contributed by atoms with Crippen molar-refractivity contribution in [3.05, 3.63) is 0 Å². The summed E-state index contributed by atoms with van der Waals surface area (Å²) in [5.41, 5.74) is 0. The van der Waals surface area contributed by atoms with E-state index < -0.39 is 12.2 Å². The monoisotopic (exact) mass is 301 g/mol. The highest BCUT2D eigenvalue weighted by Gasteiger charge is 2.47. The number of aliphatic hydroxyl groups excluding tert-OH is 2. The molecular formula is C16H28ClNO2. The Morgan fingerprint density at radius 3 is 2.40 bits per heavy atom. The van der Waals surface area contributed by atoms with Crippen LogP contribution in [-0.2, 0) is 0 Å². The second-order valence-electron chi connectivity index (χ2n) is 7.12. The maximum absolute atomic E-state index is 10.1. The SMILES string of the molecule is OC1CC2C(CCNC[C@@H]2C2CCCCC2)C(Cl)C1O. The molecule has 1 aliphatic heterocycles. The molecule has 0 spiro atoms. The molecule has 3 N–H and O–H groups in total. The number of nitrogens with one attached hydrogen (secondary N) is 1. The van der Waals surface area contributed by atoms with E-state index in [9.17, 15) is 10.2 Å². The Hall–Kier alpha value is 0.170. The van der Waals surface area contributed by atoms with Gasteiger partial charge in [0.2, 0.25) is 0 Å². The third-order valence-corrected chi connectivity index (χ3v) is 6.61. The number of alkyl halides is 1. The van der Waals surface area contributed by atoms with Gasteiger partial charge >= 0.3 is 0 Å². The Morgan fingerprint density at radius 1 is 0.900 bits per heavy atom. The fraction of sp³-hybridized carbons (Fsp3) is 1.00. The minimum atomic E-state index is -0.747. The molecule has 1 heterocycles. The molecule has 0 radical (unpaired) electrons. The van der Waals surface area contributed by atoms with E-state index in [2.05, 4.69) is 5.32 Å². The van der Waals surface area contributed by atoms with Crippen LogP contribution < -0.4 is 5.32 Å². The molecule has 1 saturated heterocycles. The first-order valence-corrected chi connectivity index (χ1v) is 8.83. The minimum Gasteiger partial charge on any atom is -0.390 e. The standard InChI is InChI=1S/C16H28ClNO2/c17-15-11-6-7-18-9-13(10-4-2-1-3-5-10)12(11)8-14(19)16(15)20/h10-16,18-20H,1-9H2/t11?,12?,13-,14?,15?,16?/m1/s1. The van der Waals surface area contributed by atoms with Crippen LogP contribution in [0, 0.1) is 23.7 Å². The fourth-order valence-corrected chi connectivity index (χ4v) is 5.41. The van der Waals surface area contributed by atoms with Crippen LogP contribution in [0.5, 0.6) is 0 Å². The van der Waals surface area contributed by atoms with Gasteiger partial charge in [-0.1, -0.05) is 32.1 Å². The lowest BCUT2D eigenvalue weighted by molar-refractivity contribution is -0.0610. The average molecular weight is 302 g/mol. The zero-order valence-electron chi connectivity index (χ0n) is 12.2. The largest absolute Gasteiger partial charge is 0.390 e. The van der Waals surface area contributed by atoms with Gasteiger partial charge in [-0.25, -0.2) is 0 Å². The van der Waals surface area contributed by atoms with Gasteiger partial charge in [0.25, 0.3) is 0 Å². The van der Waals surface area contributed by atoms with Crippen molar-refractivity contribution in [1.82, 2.24) is 5.32 Å². The van der Waals surface area contributed by atoms with Crippen molar-refractivity contribution in [2.75, 3.05) is 13.1 Å². The summed E-state index contributed by atoms with van der Waals surface area (Å²) in [6.07, 6.45) is 7.14. The molecule has 0 aromatic heterocycles. The lowest BCUT2D eigenvalue weighted by atomic mass is 9.64. The van der Waals surface area contributed by atoms with Gasteiger partial charge < -0.3 is 15.5 Å². The molecule has 4 heteroatoms. The molecule has 0 aromatic carbocycles. The van der Waals surface area contributed by atoms with Crippen LogP contribution in [0.25, 0.3) is 0 Å². The van der Waals surface area contributed by atoms with Gasteiger partial charge in [0.05, 0.1) is 17.6 Å². The molecule has 3 rings (SSSR count). The number of aliphatic hydroxyl groups is 2. The number of rotatable bonds is 1. The van der Waals surface area contributed by atoms with Gasteiger partial charge in [0, 0.05) is 0 Å². The Morgan fingerprint density at radius 2 is 1.65 bits per heavy atom. The number of hydrogen-bond acceptors (Lipinski definition) is 3. The van der Waals surface area contributed by atoms with Gasteiger partial charge in [-0.2, -0.15) is 0 Å². The summed E-state index contributed by atoms with van der Waals surface area (Å²) in [6, 6.07) is 0. The second kappa shape index (κ2) is 6.51. The van der Waals surface area contributed by atoms with E-state index >= 15 is 0 Å². The van der Waals surface area contributed by atoms with Crippen LogP contribution in [0.3, 0.4) is 0 Å². The third-order valence-electron chi connectivity index (χ3n) is 6.03. The molecule has 0 bridgehead atoms. The number of hydrogen-bond donors (Lipinski definition) is 3. The Kier molecular flexibility index (Phi) is 4.91. The number of fused-ring (bicyclic) bond motifs is 1. The van der Waals surface area contributed by atoms with Crippen molar-refractivity contribution in [1.29, 1.82) is 0 Å². The van der Waals surface area contributed by atoms with E-state index in [1.165, 1.54) is 32.1 Å². The van der Waals surface area contributed by atoms with Crippen LogP contribution in [0.4, 0.5) is 0 Å². The predicted molar refractivity (Wildman–Crippen MR) is 80.8 cm³/mol. The van der Waals surface area contributed by atoms with Crippen LogP contribution in [0.15, 0.2) is 0 Å². The summed E-state index contributed by atoms with van der Waals surface area (Å²) in [7, 11) is 0. The molecule has 3 nitrogen and oxygen atoms in total. The average Bonchev–Trinajstić information content (AvgIpc) is 2.68. The first-order chi connectivity index (χ1) is 9.68. The molecule has 2 aliphatic carbocycles. The van der Waals surface area contributed by atoms with Gasteiger partial charge in [-0.3, -0.25) is 0 Å². The first kappa shape index (κ1) is 15.1. The lowest BCUT2D eigenvalue weighted by Gasteiger charge is -2.45. The number of halogens is 1. The lowest BCUT2D eigenvalue weighted by Crippen LogP contribution is -2.50. The van der Waals surface area contributed by atoms with E-state index in [-0.39, 0.29) is 5.38 Å². The zero-order chi connectivity index (χ0) is 14.1. The van der Waals surface area contributed by atoms with Gasteiger partial charge in [-0.05, 0) is 49.6 Å². The van der Waals surface area contributed by atoms with E-state index in [0.717, 1.165) is 31.8 Å². The Labute approximate surface area is 127 Å². The smallest absolute Gasteiger partial charge is 0.0965 e. The zero-order valence-corrected chi connectivity index (χ0v) is 12.9. The summed E-state index contributed by atoms with van der Waals surface area (Å²) in [6.45, 7) is 2.06. The highest BCUT2D eigenvalue weighted by atomic mass is 35.5. The van der Waals surface area contributed by atoms with Crippen molar-refractivity contribution in [2.24, 2.45) is 23.7 Å². The summed E-state index contributed by atoms with van der Waals surface area (Å²) >= 11 is 6.47. The van der Waals surface area contributed by atoms with E-state index in [4.69, 9.17) is 11.6 Å². The predicted octanol–water partition coefficient (Wildman–Crippen LogP) is 2.14. The summed E-state index contributed by atoms with van der Waals surface area (Å²) < 4.78 is 0. The Balaban J connectivity index is 1.78. The highest BCUT2D eigenvalue weighted by Crippen LogP contribution is 2.46. The second-order valence-corrected chi connectivity index (χ2v) is 7.62. The van der Waals surface area contributed by atoms with Crippen LogP contribution >= 0.6 is 11.6 Å². The minimum absolute atomic E-state index is 0.283. The van der Waals surface area contributed by atoms with E-state index in [1.807, 2.05) is 0 Å².